The summed E-state index contributed by atoms with van der Waals surface area (Å²) in [4.78, 5) is 21.4. The largest absolute Gasteiger partial charge is 0.469 e. The van der Waals surface area contributed by atoms with Gasteiger partial charge < -0.3 is 4.74 Å². The molecule has 24 heavy (non-hydrogen) atoms. The van der Waals surface area contributed by atoms with Crippen molar-refractivity contribution in [3.05, 3.63) is 46.2 Å². The van der Waals surface area contributed by atoms with Gasteiger partial charge in [-0.2, -0.15) is 0 Å². The molecule has 0 saturated heterocycles. The zero-order valence-electron chi connectivity index (χ0n) is 15.0. The Labute approximate surface area is 145 Å². The van der Waals surface area contributed by atoms with Crippen LogP contribution in [-0.2, 0) is 9.53 Å². The van der Waals surface area contributed by atoms with E-state index in [9.17, 15) is 14.9 Å². The topological polar surface area (TPSA) is 69.4 Å². The van der Waals surface area contributed by atoms with Crippen molar-refractivity contribution in [2.45, 2.75) is 71.1 Å². The summed E-state index contributed by atoms with van der Waals surface area (Å²) in [5, 5.41) is 10.7. The van der Waals surface area contributed by atoms with Gasteiger partial charge in [0.2, 0.25) is 5.70 Å². The molecule has 0 atom stereocenters. The molecule has 5 heteroatoms. The number of rotatable bonds is 14. The van der Waals surface area contributed by atoms with E-state index in [0.717, 1.165) is 38.5 Å². The van der Waals surface area contributed by atoms with Crippen molar-refractivity contribution in [1.82, 2.24) is 0 Å². The van der Waals surface area contributed by atoms with Gasteiger partial charge in [0.15, 0.2) is 0 Å². The van der Waals surface area contributed by atoms with E-state index in [4.69, 9.17) is 0 Å². The van der Waals surface area contributed by atoms with Crippen molar-refractivity contribution in [1.29, 1.82) is 0 Å². The Morgan fingerprint density at radius 3 is 2.38 bits per heavy atom. The van der Waals surface area contributed by atoms with E-state index in [-0.39, 0.29) is 16.6 Å². The van der Waals surface area contributed by atoms with Gasteiger partial charge in [-0.3, -0.25) is 14.9 Å². The van der Waals surface area contributed by atoms with Crippen LogP contribution in [0, 0.1) is 10.1 Å². The molecule has 5 nitrogen and oxygen atoms in total. The number of carbonyl (C=O) groups is 1. The number of unbranched alkanes of at least 4 members (excludes halogenated alkanes) is 5. The second-order valence-corrected chi connectivity index (χ2v) is 5.63. The van der Waals surface area contributed by atoms with Gasteiger partial charge in [-0.25, -0.2) is 0 Å². The molecule has 0 amide bonds. The van der Waals surface area contributed by atoms with Gasteiger partial charge in [-0.1, -0.05) is 50.5 Å². The van der Waals surface area contributed by atoms with Crippen LogP contribution in [0.4, 0.5) is 0 Å². The molecule has 0 aromatic rings. The molecule has 0 heterocycles. The number of methoxy groups -OCH3 is 1. The number of esters is 1. The fraction of sp³-hybridized carbons (Fsp3) is 0.632. The third-order valence-electron chi connectivity index (χ3n) is 3.59. The number of ether oxygens (including phenoxy) is 1. The van der Waals surface area contributed by atoms with Crippen LogP contribution in [0.2, 0.25) is 0 Å². The molecule has 0 bridgehead atoms. The number of hydrogen-bond donors (Lipinski definition) is 0. The van der Waals surface area contributed by atoms with E-state index >= 15 is 0 Å². The lowest BCUT2D eigenvalue weighted by Crippen LogP contribution is -1.98. The average Bonchev–Trinajstić information content (AvgIpc) is 2.57. The lowest BCUT2D eigenvalue weighted by molar-refractivity contribution is -0.427. The zero-order valence-corrected chi connectivity index (χ0v) is 15.0. The van der Waals surface area contributed by atoms with E-state index in [1.54, 1.807) is 6.08 Å². The highest BCUT2D eigenvalue weighted by Gasteiger charge is 2.05. The van der Waals surface area contributed by atoms with Gasteiger partial charge in [0, 0.05) is 6.42 Å². The third kappa shape index (κ3) is 13.7. The summed E-state index contributed by atoms with van der Waals surface area (Å²) < 4.78 is 4.60. The highest BCUT2D eigenvalue weighted by Crippen LogP contribution is 2.09. The molecule has 0 saturated carbocycles. The molecule has 0 fully saturated rings. The van der Waals surface area contributed by atoms with Crippen LogP contribution in [-0.4, -0.2) is 18.0 Å². The van der Waals surface area contributed by atoms with Crippen LogP contribution in [0.25, 0.3) is 0 Å². The van der Waals surface area contributed by atoms with Crippen LogP contribution in [0.3, 0.4) is 0 Å². The van der Waals surface area contributed by atoms with Gasteiger partial charge >= 0.3 is 5.97 Å². The summed E-state index contributed by atoms with van der Waals surface area (Å²) in [7, 11) is 1.42. The number of hydrogen-bond acceptors (Lipinski definition) is 4. The van der Waals surface area contributed by atoms with Gasteiger partial charge in [-0.05, 0) is 38.2 Å². The third-order valence-corrected chi connectivity index (χ3v) is 3.59. The molecule has 0 rings (SSSR count). The smallest absolute Gasteiger partial charge is 0.305 e. The molecular weight excluding hydrogens is 306 g/mol. The van der Waals surface area contributed by atoms with E-state index in [0.29, 0.717) is 19.3 Å². The quantitative estimate of drug-likeness (QED) is 0.141. The van der Waals surface area contributed by atoms with E-state index in [2.05, 4.69) is 16.9 Å². The zero-order chi connectivity index (χ0) is 18.0. The van der Waals surface area contributed by atoms with Crippen molar-refractivity contribution in [2.75, 3.05) is 7.11 Å². The molecule has 0 aliphatic carbocycles. The van der Waals surface area contributed by atoms with Crippen molar-refractivity contribution in [3.8, 4) is 0 Å². The lowest BCUT2D eigenvalue weighted by Gasteiger charge is -1.99. The maximum atomic E-state index is 10.9. The fourth-order valence-corrected chi connectivity index (χ4v) is 2.22. The number of nitro groups is 1. The van der Waals surface area contributed by atoms with Gasteiger partial charge in [-0.15, -0.1) is 0 Å². The number of nitrogens with zero attached hydrogens (tertiary/aromatic N) is 1. The van der Waals surface area contributed by atoms with E-state index in [1.807, 2.05) is 19.1 Å². The van der Waals surface area contributed by atoms with Crippen LogP contribution in [0.5, 0.6) is 0 Å². The van der Waals surface area contributed by atoms with Crippen molar-refractivity contribution >= 4 is 5.97 Å². The van der Waals surface area contributed by atoms with Crippen LogP contribution >= 0.6 is 0 Å². The lowest BCUT2D eigenvalue weighted by atomic mass is 10.1. The summed E-state index contributed by atoms with van der Waals surface area (Å²) in [5.41, 5.74) is 0.268. The van der Waals surface area contributed by atoms with Gasteiger partial charge in [0.1, 0.15) is 0 Å². The van der Waals surface area contributed by atoms with Crippen LogP contribution in [0.1, 0.15) is 71.1 Å². The van der Waals surface area contributed by atoms with Crippen molar-refractivity contribution < 1.29 is 14.5 Å². The molecule has 0 N–H and O–H groups in total. The monoisotopic (exact) mass is 337 g/mol. The summed E-state index contributed by atoms with van der Waals surface area (Å²) in [6.07, 6.45) is 18.7. The summed E-state index contributed by atoms with van der Waals surface area (Å²) >= 11 is 0. The van der Waals surface area contributed by atoms with E-state index < -0.39 is 0 Å². The second-order valence-electron chi connectivity index (χ2n) is 5.63. The number of allylic oxidation sites excluding steroid dienone is 5. The molecule has 136 valence electrons. The van der Waals surface area contributed by atoms with Crippen LogP contribution in [0.15, 0.2) is 36.1 Å². The van der Waals surface area contributed by atoms with Crippen LogP contribution < -0.4 is 0 Å². The molecule has 0 aromatic heterocycles. The fourth-order valence-electron chi connectivity index (χ4n) is 2.22. The maximum Gasteiger partial charge on any atom is 0.305 e. The molecule has 0 spiro atoms. The molecule has 0 aromatic carbocycles. The highest BCUT2D eigenvalue weighted by molar-refractivity contribution is 5.68. The predicted molar refractivity (Wildman–Crippen MR) is 97.2 cm³/mol. The Morgan fingerprint density at radius 1 is 1.04 bits per heavy atom. The highest BCUT2D eigenvalue weighted by atomic mass is 16.6. The molecule has 0 radical (unpaired) electrons. The Bertz CT molecular complexity index is 439. The first-order valence-electron chi connectivity index (χ1n) is 8.82. The summed E-state index contributed by atoms with van der Waals surface area (Å²) in [6.45, 7) is 1.90. The Hall–Kier alpha value is -1.91. The summed E-state index contributed by atoms with van der Waals surface area (Å²) in [6, 6.07) is 0. The minimum Gasteiger partial charge on any atom is -0.469 e. The van der Waals surface area contributed by atoms with Crippen molar-refractivity contribution in [2.24, 2.45) is 0 Å². The minimum absolute atomic E-state index is 0.124. The average molecular weight is 337 g/mol. The maximum absolute atomic E-state index is 10.9. The Balaban J connectivity index is 3.56. The van der Waals surface area contributed by atoms with Gasteiger partial charge in [0.25, 0.3) is 0 Å². The first-order chi connectivity index (χ1) is 11.6. The molecule has 0 aliphatic rings. The molecule has 0 unspecified atom stereocenters. The molecular formula is C19H31NO4. The minimum atomic E-state index is -0.311. The normalized spacial score (nSPS) is 12.2. The molecule has 0 aliphatic heterocycles. The standard InChI is InChI=1S/C19H31NO4/c1-3-15-18(20(22)23)16-13-11-9-7-5-4-6-8-10-12-14-17-19(21)24-2/h5,7,11,13,15H,3-4,6,8-10,12,14,16-17H2,1-2H3/b7-5-,13-11-,18-15-. The number of carbonyl (C=O) groups excluding carboxylic acids is 1. The SMILES string of the molecule is CC/C=C(/C/C=C\C/C=C\CCCCCCCC(=O)OC)[N+](=O)[O-]. The van der Waals surface area contributed by atoms with Gasteiger partial charge in [0.05, 0.1) is 18.5 Å². The predicted octanol–water partition coefficient (Wildman–Crippen LogP) is 5.35. The van der Waals surface area contributed by atoms with Crippen molar-refractivity contribution in [3.63, 3.8) is 0 Å². The Kier molecular flexibility index (Phi) is 14.7. The van der Waals surface area contributed by atoms with E-state index in [1.165, 1.54) is 13.5 Å². The Morgan fingerprint density at radius 2 is 1.71 bits per heavy atom. The second kappa shape index (κ2) is 16.0. The first-order valence-corrected chi connectivity index (χ1v) is 8.82. The first kappa shape index (κ1) is 22.1. The summed E-state index contributed by atoms with van der Waals surface area (Å²) in [5.74, 6) is -0.124.